The standard InChI is InChI=1S/C26H28N2O5/c1-28(2)15-5-6-18-16-19(11-14-23(18)33-3)25(30)27-20-12-9-17(10-13-20)21-7-4-8-22(29)24(21)26(31)32/h4,7-14,16,29H,5-6,15H2,1-3H3,(H,27,30)(H,31,32). The number of carboxylic acid groups (broad SMARTS) is 1. The predicted molar refractivity (Wildman–Crippen MR) is 128 cm³/mol. The van der Waals surface area contributed by atoms with Crippen molar-refractivity contribution in [2.75, 3.05) is 33.1 Å². The highest BCUT2D eigenvalue weighted by molar-refractivity contribution is 6.04. The van der Waals surface area contributed by atoms with Crippen LogP contribution in [0.3, 0.4) is 0 Å². The number of aromatic hydroxyl groups is 1. The van der Waals surface area contributed by atoms with Gasteiger partial charge in [0.05, 0.1) is 7.11 Å². The number of ether oxygens (including phenoxy) is 1. The van der Waals surface area contributed by atoms with Gasteiger partial charge in [0.1, 0.15) is 17.1 Å². The third-order valence-corrected chi connectivity index (χ3v) is 5.30. The van der Waals surface area contributed by atoms with Crippen LogP contribution in [0.4, 0.5) is 5.69 Å². The first-order chi connectivity index (χ1) is 15.8. The summed E-state index contributed by atoms with van der Waals surface area (Å²) in [6.45, 7) is 0.939. The van der Waals surface area contributed by atoms with E-state index in [1.54, 1.807) is 55.6 Å². The number of carbonyl (C=O) groups excluding carboxylic acids is 1. The van der Waals surface area contributed by atoms with E-state index in [2.05, 4.69) is 10.2 Å². The minimum Gasteiger partial charge on any atom is -0.507 e. The Kier molecular flexibility index (Phi) is 7.69. The van der Waals surface area contributed by atoms with Crippen molar-refractivity contribution in [1.29, 1.82) is 0 Å². The molecule has 0 heterocycles. The summed E-state index contributed by atoms with van der Waals surface area (Å²) >= 11 is 0. The largest absolute Gasteiger partial charge is 0.507 e. The van der Waals surface area contributed by atoms with Crippen LogP contribution in [0, 0.1) is 0 Å². The summed E-state index contributed by atoms with van der Waals surface area (Å²) in [7, 11) is 5.67. The summed E-state index contributed by atoms with van der Waals surface area (Å²) in [5.41, 5.74) is 2.94. The molecule has 7 heteroatoms. The van der Waals surface area contributed by atoms with Crippen LogP contribution in [0.1, 0.15) is 32.7 Å². The molecule has 0 saturated heterocycles. The van der Waals surface area contributed by atoms with Crippen LogP contribution in [0.2, 0.25) is 0 Å². The second-order valence-corrected chi connectivity index (χ2v) is 7.97. The number of carbonyl (C=O) groups is 2. The van der Waals surface area contributed by atoms with Crippen LogP contribution in [0.5, 0.6) is 11.5 Å². The average Bonchev–Trinajstić information content (AvgIpc) is 2.78. The Morgan fingerprint density at radius 3 is 2.39 bits per heavy atom. The topological polar surface area (TPSA) is 99.1 Å². The minimum absolute atomic E-state index is 0.158. The van der Waals surface area contributed by atoms with Crippen molar-refractivity contribution in [3.8, 4) is 22.6 Å². The molecule has 0 aliphatic rings. The number of nitrogens with one attached hydrogen (secondary N) is 1. The molecule has 1 amide bonds. The molecule has 0 aliphatic carbocycles. The molecule has 0 fully saturated rings. The van der Waals surface area contributed by atoms with Crippen molar-refractivity contribution in [3.63, 3.8) is 0 Å². The number of anilines is 1. The molecular formula is C26H28N2O5. The quantitative estimate of drug-likeness (QED) is 0.445. The Bertz CT molecular complexity index is 1140. The number of benzene rings is 3. The molecule has 172 valence electrons. The lowest BCUT2D eigenvalue weighted by molar-refractivity contribution is 0.0694. The molecule has 0 aliphatic heterocycles. The minimum atomic E-state index is -1.21. The van der Waals surface area contributed by atoms with E-state index < -0.39 is 5.97 Å². The molecule has 0 unspecified atom stereocenters. The fraction of sp³-hybridized carbons (Fsp3) is 0.231. The molecule has 7 nitrogen and oxygen atoms in total. The van der Waals surface area contributed by atoms with E-state index in [-0.39, 0.29) is 17.2 Å². The summed E-state index contributed by atoms with van der Waals surface area (Å²) in [5, 5.41) is 22.2. The highest BCUT2D eigenvalue weighted by Gasteiger charge is 2.16. The monoisotopic (exact) mass is 448 g/mol. The Labute approximate surface area is 193 Å². The van der Waals surface area contributed by atoms with Crippen LogP contribution in [0.25, 0.3) is 11.1 Å². The van der Waals surface area contributed by atoms with Crippen LogP contribution >= 0.6 is 0 Å². The van der Waals surface area contributed by atoms with E-state index in [9.17, 15) is 19.8 Å². The number of aryl methyl sites for hydroxylation is 1. The molecule has 33 heavy (non-hydrogen) atoms. The van der Waals surface area contributed by atoms with Gasteiger partial charge in [-0.05, 0) is 86.6 Å². The first kappa shape index (κ1) is 23.8. The van der Waals surface area contributed by atoms with Crippen LogP contribution < -0.4 is 10.1 Å². The number of rotatable bonds is 9. The van der Waals surface area contributed by atoms with E-state index in [1.807, 2.05) is 20.2 Å². The second-order valence-electron chi connectivity index (χ2n) is 7.97. The number of methoxy groups -OCH3 is 1. The number of hydrogen-bond donors (Lipinski definition) is 3. The summed E-state index contributed by atoms with van der Waals surface area (Å²) in [6, 6.07) is 16.7. The number of nitrogens with zero attached hydrogens (tertiary/aromatic N) is 1. The lowest BCUT2D eigenvalue weighted by atomic mass is 9.98. The Morgan fingerprint density at radius 1 is 1.03 bits per heavy atom. The first-order valence-corrected chi connectivity index (χ1v) is 10.6. The molecule has 3 rings (SSSR count). The van der Waals surface area contributed by atoms with E-state index in [1.165, 1.54) is 6.07 Å². The van der Waals surface area contributed by atoms with Gasteiger partial charge in [-0.1, -0.05) is 24.3 Å². The zero-order chi connectivity index (χ0) is 24.0. The van der Waals surface area contributed by atoms with Gasteiger partial charge in [-0.15, -0.1) is 0 Å². The zero-order valence-electron chi connectivity index (χ0n) is 19.0. The van der Waals surface area contributed by atoms with Gasteiger partial charge in [0.15, 0.2) is 0 Å². The Morgan fingerprint density at radius 2 is 1.76 bits per heavy atom. The molecule has 3 aromatic rings. The summed E-state index contributed by atoms with van der Waals surface area (Å²) < 4.78 is 5.44. The second kappa shape index (κ2) is 10.7. The predicted octanol–water partition coefficient (Wildman–Crippen LogP) is 4.51. The SMILES string of the molecule is COc1ccc(C(=O)Nc2ccc(-c3cccc(O)c3C(=O)O)cc2)cc1CCCN(C)C. The number of amides is 1. The molecular weight excluding hydrogens is 420 g/mol. The van der Waals surface area contributed by atoms with E-state index in [0.29, 0.717) is 22.4 Å². The number of phenols is 1. The van der Waals surface area contributed by atoms with Crippen molar-refractivity contribution in [3.05, 3.63) is 77.4 Å². The smallest absolute Gasteiger partial charge is 0.340 e. The lowest BCUT2D eigenvalue weighted by Gasteiger charge is -2.13. The van der Waals surface area contributed by atoms with E-state index in [4.69, 9.17) is 4.74 Å². The molecule has 0 atom stereocenters. The van der Waals surface area contributed by atoms with Gasteiger partial charge in [0, 0.05) is 11.3 Å². The lowest BCUT2D eigenvalue weighted by Crippen LogP contribution is -2.14. The molecule has 0 saturated carbocycles. The van der Waals surface area contributed by atoms with Crippen LogP contribution in [0.15, 0.2) is 60.7 Å². The van der Waals surface area contributed by atoms with Crippen molar-refractivity contribution in [1.82, 2.24) is 4.90 Å². The maximum Gasteiger partial charge on any atom is 0.340 e. The van der Waals surface area contributed by atoms with Crippen molar-refractivity contribution >= 4 is 17.6 Å². The fourth-order valence-corrected chi connectivity index (χ4v) is 3.64. The number of aromatic carboxylic acids is 1. The maximum atomic E-state index is 12.8. The number of hydrogen-bond acceptors (Lipinski definition) is 5. The highest BCUT2D eigenvalue weighted by Crippen LogP contribution is 2.31. The third-order valence-electron chi connectivity index (χ3n) is 5.30. The Hall–Kier alpha value is -3.84. The van der Waals surface area contributed by atoms with Crippen LogP contribution in [-0.4, -0.2) is 54.7 Å². The van der Waals surface area contributed by atoms with Gasteiger partial charge in [-0.2, -0.15) is 0 Å². The molecule has 3 aromatic carbocycles. The van der Waals surface area contributed by atoms with Gasteiger partial charge in [0.2, 0.25) is 0 Å². The van der Waals surface area contributed by atoms with Crippen molar-refractivity contribution in [2.24, 2.45) is 0 Å². The first-order valence-electron chi connectivity index (χ1n) is 10.6. The summed E-state index contributed by atoms with van der Waals surface area (Å²) in [4.78, 5) is 26.5. The third kappa shape index (κ3) is 5.90. The van der Waals surface area contributed by atoms with Crippen molar-refractivity contribution < 1.29 is 24.5 Å². The van der Waals surface area contributed by atoms with Gasteiger partial charge >= 0.3 is 5.97 Å². The zero-order valence-corrected chi connectivity index (χ0v) is 19.0. The molecule has 0 bridgehead atoms. The summed E-state index contributed by atoms with van der Waals surface area (Å²) in [6.07, 6.45) is 1.75. The van der Waals surface area contributed by atoms with Gasteiger partial charge < -0.3 is 25.2 Å². The number of carboxylic acids is 1. The van der Waals surface area contributed by atoms with Gasteiger partial charge in [0.25, 0.3) is 5.91 Å². The van der Waals surface area contributed by atoms with Crippen molar-refractivity contribution in [2.45, 2.75) is 12.8 Å². The van der Waals surface area contributed by atoms with E-state index in [0.717, 1.165) is 30.7 Å². The maximum absolute atomic E-state index is 12.8. The highest BCUT2D eigenvalue weighted by atomic mass is 16.5. The average molecular weight is 449 g/mol. The molecule has 3 N–H and O–H groups in total. The normalized spacial score (nSPS) is 10.8. The van der Waals surface area contributed by atoms with E-state index >= 15 is 0 Å². The fourth-order valence-electron chi connectivity index (χ4n) is 3.64. The summed E-state index contributed by atoms with van der Waals surface area (Å²) in [5.74, 6) is -0.988. The van der Waals surface area contributed by atoms with Gasteiger partial charge in [-0.25, -0.2) is 4.79 Å². The molecule has 0 spiro atoms. The molecule has 0 radical (unpaired) electrons. The van der Waals surface area contributed by atoms with Crippen LogP contribution in [-0.2, 0) is 6.42 Å². The van der Waals surface area contributed by atoms with Gasteiger partial charge in [-0.3, -0.25) is 4.79 Å². The Balaban J connectivity index is 1.76. The molecule has 0 aromatic heterocycles.